The van der Waals surface area contributed by atoms with Crippen LogP contribution in [0, 0.1) is 11.6 Å². The van der Waals surface area contributed by atoms with E-state index in [1.54, 1.807) is 12.1 Å². The van der Waals surface area contributed by atoms with Gasteiger partial charge in [-0.1, -0.05) is 22.0 Å². The molecule has 1 heterocycles. The van der Waals surface area contributed by atoms with Gasteiger partial charge >= 0.3 is 0 Å². The van der Waals surface area contributed by atoms with Gasteiger partial charge in [0.1, 0.15) is 24.8 Å². The molecule has 0 N–H and O–H groups in total. The van der Waals surface area contributed by atoms with Gasteiger partial charge in [0.15, 0.2) is 11.5 Å². The molecule has 21 heavy (non-hydrogen) atoms. The lowest BCUT2D eigenvalue weighted by atomic mass is 10.0. The van der Waals surface area contributed by atoms with Crippen molar-refractivity contribution in [3.8, 4) is 11.5 Å². The van der Waals surface area contributed by atoms with Crippen molar-refractivity contribution in [1.29, 1.82) is 0 Å². The van der Waals surface area contributed by atoms with Crippen LogP contribution < -0.4 is 9.47 Å². The van der Waals surface area contributed by atoms with Gasteiger partial charge in [0.2, 0.25) is 0 Å². The Balaban J connectivity index is 2.03. The Hall–Kier alpha value is -1.33. The summed E-state index contributed by atoms with van der Waals surface area (Å²) in [6.07, 6.45) is 0. The quantitative estimate of drug-likeness (QED) is 0.700. The maximum absolute atomic E-state index is 13.9. The molecule has 1 aliphatic heterocycles. The highest BCUT2D eigenvalue weighted by Crippen LogP contribution is 2.42. The summed E-state index contributed by atoms with van der Waals surface area (Å²) in [6, 6.07) is 6.78. The molecule has 0 radical (unpaired) electrons. The van der Waals surface area contributed by atoms with E-state index in [-0.39, 0.29) is 5.56 Å². The van der Waals surface area contributed by atoms with Gasteiger partial charge in [-0.3, -0.25) is 0 Å². The third-order valence-corrected chi connectivity index (χ3v) is 4.33. The average molecular weight is 376 g/mol. The fraction of sp³-hybridized carbons (Fsp3) is 0.200. The Morgan fingerprint density at radius 2 is 1.67 bits per heavy atom. The first kappa shape index (κ1) is 14.6. The van der Waals surface area contributed by atoms with Crippen molar-refractivity contribution in [3.05, 3.63) is 57.6 Å². The smallest absolute Gasteiger partial charge is 0.162 e. The first-order chi connectivity index (χ1) is 10.1. The standard InChI is InChI=1S/C15H10BrClF2O2/c16-11-7-14-13(20-3-4-21-14)6-10(11)15(17)9-2-1-8(18)5-12(9)19/h1-2,5-7,15H,3-4H2. The first-order valence-electron chi connectivity index (χ1n) is 6.24. The minimum atomic E-state index is -0.768. The second-order valence-corrected chi connectivity index (χ2v) is 5.84. The van der Waals surface area contributed by atoms with Crippen LogP contribution in [0.2, 0.25) is 0 Å². The van der Waals surface area contributed by atoms with Crippen molar-refractivity contribution in [2.24, 2.45) is 0 Å². The van der Waals surface area contributed by atoms with E-state index < -0.39 is 17.0 Å². The van der Waals surface area contributed by atoms with Crippen LogP contribution in [0.5, 0.6) is 11.5 Å². The van der Waals surface area contributed by atoms with Crippen LogP contribution >= 0.6 is 27.5 Å². The average Bonchev–Trinajstić information content (AvgIpc) is 2.46. The molecular formula is C15H10BrClF2O2. The van der Waals surface area contributed by atoms with E-state index in [9.17, 15) is 8.78 Å². The molecule has 110 valence electrons. The monoisotopic (exact) mass is 374 g/mol. The third-order valence-electron chi connectivity index (χ3n) is 3.17. The highest BCUT2D eigenvalue weighted by atomic mass is 79.9. The molecule has 0 saturated heterocycles. The fourth-order valence-electron chi connectivity index (χ4n) is 2.15. The third kappa shape index (κ3) is 2.85. The van der Waals surface area contributed by atoms with Crippen LogP contribution in [0.4, 0.5) is 8.78 Å². The molecule has 0 bridgehead atoms. The lowest BCUT2D eigenvalue weighted by molar-refractivity contribution is 0.171. The highest BCUT2D eigenvalue weighted by Gasteiger charge is 2.22. The highest BCUT2D eigenvalue weighted by molar-refractivity contribution is 9.10. The fourth-order valence-corrected chi connectivity index (χ4v) is 3.19. The Labute approximate surface area is 133 Å². The van der Waals surface area contributed by atoms with Crippen LogP contribution in [-0.4, -0.2) is 13.2 Å². The zero-order valence-electron chi connectivity index (χ0n) is 10.7. The molecular weight excluding hydrogens is 366 g/mol. The molecule has 2 aromatic rings. The number of rotatable bonds is 2. The van der Waals surface area contributed by atoms with Gasteiger partial charge in [-0.2, -0.15) is 0 Å². The van der Waals surface area contributed by atoms with Crippen LogP contribution in [0.1, 0.15) is 16.5 Å². The number of alkyl halides is 1. The molecule has 1 aliphatic rings. The summed E-state index contributed by atoms with van der Waals surface area (Å²) in [4.78, 5) is 0. The molecule has 0 aromatic heterocycles. The van der Waals surface area contributed by atoms with Crippen molar-refractivity contribution >= 4 is 27.5 Å². The minimum Gasteiger partial charge on any atom is -0.486 e. The number of halogens is 4. The molecule has 0 amide bonds. The topological polar surface area (TPSA) is 18.5 Å². The lowest BCUT2D eigenvalue weighted by Gasteiger charge is -2.21. The van der Waals surface area contributed by atoms with E-state index in [0.717, 1.165) is 6.07 Å². The Morgan fingerprint density at radius 3 is 2.33 bits per heavy atom. The van der Waals surface area contributed by atoms with Crippen LogP contribution in [0.3, 0.4) is 0 Å². The second kappa shape index (κ2) is 5.81. The summed E-state index contributed by atoms with van der Waals surface area (Å²) < 4.78 is 38.5. The van der Waals surface area contributed by atoms with E-state index in [0.29, 0.717) is 34.7 Å². The molecule has 2 aromatic carbocycles. The molecule has 2 nitrogen and oxygen atoms in total. The molecule has 1 unspecified atom stereocenters. The van der Waals surface area contributed by atoms with Crippen molar-refractivity contribution in [2.45, 2.75) is 5.38 Å². The summed E-state index contributed by atoms with van der Waals surface area (Å²) in [7, 11) is 0. The summed E-state index contributed by atoms with van der Waals surface area (Å²) in [5, 5.41) is -0.768. The molecule has 0 spiro atoms. The molecule has 3 rings (SSSR count). The second-order valence-electron chi connectivity index (χ2n) is 4.55. The molecule has 1 atom stereocenters. The Morgan fingerprint density at radius 1 is 1.00 bits per heavy atom. The van der Waals surface area contributed by atoms with Gasteiger partial charge in [0.25, 0.3) is 0 Å². The van der Waals surface area contributed by atoms with Gasteiger partial charge in [0, 0.05) is 16.1 Å². The van der Waals surface area contributed by atoms with E-state index in [2.05, 4.69) is 15.9 Å². The van der Waals surface area contributed by atoms with Crippen molar-refractivity contribution < 1.29 is 18.3 Å². The van der Waals surface area contributed by atoms with Gasteiger partial charge < -0.3 is 9.47 Å². The first-order valence-corrected chi connectivity index (χ1v) is 7.47. The van der Waals surface area contributed by atoms with E-state index in [1.165, 1.54) is 12.1 Å². The summed E-state index contributed by atoms with van der Waals surface area (Å²) in [5.74, 6) is -0.147. The zero-order valence-corrected chi connectivity index (χ0v) is 13.0. The molecule has 6 heteroatoms. The maximum Gasteiger partial charge on any atom is 0.162 e. The van der Waals surface area contributed by atoms with Crippen molar-refractivity contribution in [2.75, 3.05) is 13.2 Å². The summed E-state index contributed by atoms with van der Waals surface area (Å²) >= 11 is 9.74. The predicted molar refractivity (Wildman–Crippen MR) is 79.2 cm³/mol. The van der Waals surface area contributed by atoms with Gasteiger partial charge in [-0.05, 0) is 23.8 Å². The number of ether oxygens (including phenoxy) is 2. The normalized spacial score (nSPS) is 14.9. The summed E-state index contributed by atoms with van der Waals surface area (Å²) in [6.45, 7) is 0.932. The van der Waals surface area contributed by atoms with E-state index >= 15 is 0 Å². The van der Waals surface area contributed by atoms with Crippen LogP contribution in [0.25, 0.3) is 0 Å². The summed E-state index contributed by atoms with van der Waals surface area (Å²) in [5.41, 5.74) is 0.835. The van der Waals surface area contributed by atoms with Crippen molar-refractivity contribution in [3.63, 3.8) is 0 Å². The minimum absolute atomic E-state index is 0.204. The van der Waals surface area contributed by atoms with Crippen LogP contribution in [0.15, 0.2) is 34.8 Å². The number of hydrogen-bond donors (Lipinski definition) is 0. The maximum atomic E-state index is 13.9. The zero-order chi connectivity index (χ0) is 15.0. The number of hydrogen-bond acceptors (Lipinski definition) is 2. The molecule has 0 saturated carbocycles. The van der Waals surface area contributed by atoms with Crippen LogP contribution in [-0.2, 0) is 0 Å². The number of fused-ring (bicyclic) bond motifs is 1. The number of benzene rings is 2. The largest absolute Gasteiger partial charge is 0.486 e. The van der Waals surface area contributed by atoms with Gasteiger partial charge in [0.05, 0.1) is 5.38 Å². The van der Waals surface area contributed by atoms with E-state index in [1.807, 2.05) is 0 Å². The molecule has 0 fully saturated rings. The molecule has 0 aliphatic carbocycles. The van der Waals surface area contributed by atoms with E-state index in [4.69, 9.17) is 21.1 Å². The van der Waals surface area contributed by atoms with Gasteiger partial charge in [-0.15, -0.1) is 11.6 Å². The lowest BCUT2D eigenvalue weighted by Crippen LogP contribution is -2.15. The van der Waals surface area contributed by atoms with Crippen molar-refractivity contribution in [1.82, 2.24) is 0 Å². The van der Waals surface area contributed by atoms with Gasteiger partial charge in [-0.25, -0.2) is 8.78 Å². The Kier molecular flexibility index (Phi) is 4.04. The Bertz CT molecular complexity index is 694. The predicted octanol–water partition coefficient (Wildman–Crippen LogP) is 4.83. The SMILES string of the molecule is Fc1ccc(C(Cl)c2cc3c(cc2Br)OCCO3)c(F)c1.